The number of carbonyl (C=O) groups excluding carboxylic acids is 1. The van der Waals surface area contributed by atoms with Crippen LogP contribution in [-0.4, -0.2) is 15.6 Å². The molecule has 6 nitrogen and oxygen atoms in total. The Morgan fingerprint density at radius 2 is 1.93 bits per heavy atom. The molecule has 0 aliphatic carbocycles. The highest BCUT2D eigenvalue weighted by Gasteiger charge is 2.26. The van der Waals surface area contributed by atoms with Gasteiger partial charge >= 0.3 is 6.09 Å². The average molecular weight is 365 g/mol. The fourth-order valence-electron chi connectivity index (χ4n) is 3.04. The van der Waals surface area contributed by atoms with Crippen LogP contribution in [0.15, 0.2) is 65.6 Å². The van der Waals surface area contributed by atoms with Crippen molar-refractivity contribution in [1.29, 1.82) is 0 Å². The van der Waals surface area contributed by atoms with Crippen LogP contribution in [-0.2, 0) is 13.1 Å². The van der Waals surface area contributed by atoms with Crippen LogP contribution in [0.4, 0.5) is 14.9 Å². The number of halogens is 1. The molecule has 1 amide bonds. The topological polar surface area (TPSA) is 77.6 Å². The van der Waals surface area contributed by atoms with E-state index < -0.39 is 11.9 Å². The van der Waals surface area contributed by atoms with E-state index in [9.17, 15) is 14.0 Å². The lowest BCUT2D eigenvalue weighted by Crippen LogP contribution is -2.36. The number of benzene rings is 2. The summed E-state index contributed by atoms with van der Waals surface area (Å²) in [4.78, 5) is 25.7. The number of carbonyl (C=O) groups is 1. The Balaban J connectivity index is 1.62. The zero-order chi connectivity index (χ0) is 19.0. The molecule has 1 aromatic heterocycles. The highest BCUT2D eigenvalue weighted by atomic mass is 19.1. The van der Waals surface area contributed by atoms with Gasteiger partial charge in [-0.2, -0.15) is 0 Å². The van der Waals surface area contributed by atoms with Gasteiger partial charge in [-0.1, -0.05) is 24.3 Å². The molecule has 1 aliphatic rings. The van der Waals surface area contributed by atoms with E-state index in [-0.39, 0.29) is 24.3 Å². The number of nitrogens with zero attached hydrogens (tertiary/aromatic N) is 2. The van der Waals surface area contributed by atoms with E-state index in [4.69, 9.17) is 10.5 Å². The fourth-order valence-corrected chi connectivity index (χ4v) is 3.04. The first-order chi connectivity index (χ1) is 13.0. The zero-order valence-corrected chi connectivity index (χ0v) is 14.3. The maximum atomic E-state index is 14.1. The number of nitrogens with two attached hydrogens (primary N) is 1. The quantitative estimate of drug-likeness (QED) is 0.724. The number of amides is 1. The van der Waals surface area contributed by atoms with E-state index >= 15 is 0 Å². The van der Waals surface area contributed by atoms with Crippen molar-refractivity contribution in [3.8, 4) is 11.4 Å². The van der Waals surface area contributed by atoms with Crippen molar-refractivity contribution < 1.29 is 13.9 Å². The van der Waals surface area contributed by atoms with Gasteiger partial charge in [0.15, 0.2) is 5.82 Å². The molecule has 0 unspecified atom stereocenters. The summed E-state index contributed by atoms with van der Waals surface area (Å²) >= 11 is 0. The Bertz CT molecular complexity index is 1090. The minimum absolute atomic E-state index is 0.0382. The molecule has 0 saturated carbocycles. The third-order valence-corrected chi connectivity index (χ3v) is 4.44. The van der Waals surface area contributed by atoms with Crippen molar-refractivity contribution in [1.82, 2.24) is 9.47 Å². The molecule has 0 bridgehead atoms. The van der Waals surface area contributed by atoms with E-state index in [1.54, 1.807) is 48.7 Å². The van der Waals surface area contributed by atoms with E-state index in [0.29, 0.717) is 17.0 Å². The molecule has 27 heavy (non-hydrogen) atoms. The second kappa shape index (κ2) is 6.60. The molecule has 2 heterocycles. The smallest absolute Gasteiger partial charge is 0.410 e. The second-order valence-electron chi connectivity index (χ2n) is 6.25. The van der Waals surface area contributed by atoms with Gasteiger partial charge in [0.1, 0.15) is 5.75 Å². The van der Waals surface area contributed by atoms with Gasteiger partial charge < -0.3 is 10.5 Å². The summed E-state index contributed by atoms with van der Waals surface area (Å²) in [5, 5.41) is 0. The maximum absolute atomic E-state index is 14.1. The summed E-state index contributed by atoms with van der Waals surface area (Å²) in [6.45, 7) is 0.321. The molecule has 0 spiro atoms. The van der Waals surface area contributed by atoms with Crippen LogP contribution in [0.2, 0.25) is 0 Å². The first kappa shape index (κ1) is 16.8. The van der Waals surface area contributed by atoms with Crippen LogP contribution in [0.5, 0.6) is 5.75 Å². The van der Waals surface area contributed by atoms with E-state index in [1.165, 1.54) is 21.6 Å². The fraction of sp³-hybridized carbons (Fsp3) is 0.100. The summed E-state index contributed by atoms with van der Waals surface area (Å²) in [5.74, 6) is -0.146. The van der Waals surface area contributed by atoms with Crippen LogP contribution >= 0.6 is 0 Å². The predicted octanol–water partition coefficient (Wildman–Crippen LogP) is 3.07. The molecule has 2 N–H and O–H groups in total. The van der Waals surface area contributed by atoms with Gasteiger partial charge in [-0.15, -0.1) is 0 Å². The minimum Gasteiger partial charge on any atom is -0.410 e. The molecule has 7 heteroatoms. The van der Waals surface area contributed by atoms with Crippen molar-refractivity contribution >= 4 is 11.8 Å². The monoisotopic (exact) mass is 365 g/mol. The molecule has 0 radical (unpaired) electrons. The summed E-state index contributed by atoms with van der Waals surface area (Å²) < 4.78 is 21.0. The van der Waals surface area contributed by atoms with Crippen molar-refractivity contribution in [2.24, 2.45) is 0 Å². The Morgan fingerprint density at radius 1 is 1.07 bits per heavy atom. The number of pyridine rings is 1. The van der Waals surface area contributed by atoms with Crippen molar-refractivity contribution in [2.45, 2.75) is 13.1 Å². The Morgan fingerprint density at radius 3 is 2.74 bits per heavy atom. The highest BCUT2D eigenvalue weighted by molar-refractivity contribution is 5.74. The van der Waals surface area contributed by atoms with Gasteiger partial charge in [-0.25, -0.2) is 9.18 Å². The largest absolute Gasteiger partial charge is 0.415 e. The second-order valence-corrected chi connectivity index (χ2v) is 6.25. The van der Waals surface area contributed by atoms with Crippen molar-refractivity contribution in [2.75, 3.05) is 5.73 Å². The molecule has 0 fully saturated rings. The number of hydrogen-bond donors (Lipinski definition) is 1. The first-order valence-electron chi connectivity index (χ1n) is 8.33. The molecule has 136 valence electrons. The number of rotatable bonds is 3. The summed E-state index contributed by atoms with van der Waals surface area (Å²) in [6, 6.07) is 14.8. The maximum Gasteiger partial charge on any atom is 0.415 e. The van der Waals surface area contributed by atoms with Gasteiger partial charge in [-0.3, -0.25) is 14.3 Å². The highest BCUT2D eigenvalue weighted by Crippen LogP contribution is 2.29. The number of fused-ring (bicyclic) bond motifs is 1. The van der Waals surface area contributed by atoms with Gasteiger partial charge in [0.05, 0.1) is 24.5 Å². The van der Waals surface area contributed by atoms with Crippen LogP contribution < -0.4 is 16.0 Å². The van der Waals surface area contributed by atoms with E-state index in [1.807, 2.05) is 0 Å². The Kier molecular flexibility index (Phi) is 4.12. The van der Waals surface area contributed by atoms with Gasteiger partial charge in [0, 0.05) is 29.5 Å². The molecule has 3 aromatic rings. The third-order valence-electron chi connectivity index (χ3n) is 4.44. The molecular weight excluding hydrogens is 349 g/mol. The summed E-state index contributed by atoms with van der Waals surface area (Å²) in [7, 11) is 0. The van der Waals surface area contributed by atoms with E-state index in [0.717, 1.165) is 5.56 Å². The molecular formula is C20H16FN3O3. The van der Waals surface area contributed by atoms with Crippen molar-refractivity contribution in [3.63, 3.8) is 0 Å². The first-order valence-corrected chi connectivity index (χ1v) is 8.33. The number of aromatic nitrogens is 1. The van der Waals surface area contributed by atoms with Gasteiger partial charge in [-0.05, 0) is 18.2 Å². The Hall–Kier alpha value is -3.61. The molecule has 1 aliphatic heterocycles. The lowest BCUT2D eigenvalue weighted by Gasteiger charge is -2.28. The van der Waals surface area contributed by atoms with Gasteiger partial charge in [0.25, 0.3) is 5.56 Å². The molecule has 4 rings (SSSR count). The van der Waals surface area contributed by atoms with Crippen LogP contribution in [0.3, 0.4) is 0 Å². The molecule has 0 atom stereocenters. The lowest BCUT2D eigenvalue weighted by atomic mass is 10.1. The predicted molar refractivity (Wildman–Crippen MR) is 98.1 cm³/mol. The number of ether oxygens (including phenoxy) is 1. The number of nitrogen functional groups attached to an aromatic ring is 1. The van der Waals surface area contributed by atoms with Crippen LogP contribution in [0.1, 0.15) is 11.1 Å². The lowest BCUT2D eigenvalue weighted by molar-refractivity contribution is 0.134. The van der Waals surface area contributed by atoms with Crippen molar-refractivity contribution in [3.05, 3.63) is 88.1 Å². The minimum atomic E-state index is -0.582. The SMILES string of the molecule is Nc1cccc(CN2Cc3ccc(-n4ccccc4=O)cc3OC2=O)c1F. The zero-order valence-electron chi connectivity index (χ0n) is 14.3. The standard InChI is InChI=1S/C20H16FN3O3/c21-19-14(4-3-5-16(19)22)12-23-11-13-7-8-15(10-17(13)27-20(23)26)24-9-2-1-6-18(24)25/h1-10H,11-12,22H2. The van der Waals surface area contributed by atoms with Crippen LogP contribution in [0.25, 0.3) is 5.69 Å². The van der Waals surface area contributed by atoms with Gasteiger partial charge in [0.2, 0.25) is 0 Å². The Labute approximate surface area is 154 Å². The summed E-state index contributed by atoms with van der Waals surface area (Å²) in [5.41, 5.74) is 7.13. The van der Waals surface area contributed by atoms with E-state index in [2.05, 4.69) is 0 Å². The molecule has 0 saturated heterocycles. The third kappa shape index (κ3) is 3.15. The number of anilines is 1. The van der Waals surface area contributed by atoms with Crippen LogP contribution in [0, 0.1) is 5.82 Å². The average Bonchev–Trinajstić information content (AvgIpc) is 2.66. The number of hydrogen-bond acceptors (Lipinski definition) is 4. The summed E-state index contributed by atoms with van der Waals surface area (Å²) in [6.07, 6.45) is 1.06. The molecule has 2 aromatic carbocycles. The normalized spacial score (nSPS) is 13.2.